The Morgan fingerprint density at radius 2 is 2.27 bits per heavy atom. The van der Waals surface area contributed by atoms with E-state index in [-0.39, 0.29) is 6.42 Å². The number of aliphatic carboxylic acids is 1. The number of nitrogens with one attached hydrogen (secondary N) is 1. The fourth-order valence-electron chi connectivity index (χ4n) is 1.91. The maximum atomic E-state index is 10.7. The average Bonchev–Trinajstić information content (AvgIpc) is 2.30. The number of aromatic nitrogens is 2. The summed E-state index contributed by atoms with van der Waals surface area (Å²) < 4.78 is 1.95. The second-order valence-electron chi connectivity index (χ2n) is 3.98. The Morgan fingerprint density at radius 3 is 2.73 bits per heavy atom. The van der Waals surface area contributed by atoms with Crippen LogP contribution < -0.4 is 5.32 Å². The van der Waals surface area contributed by atoms with Crippen molar-refractivity contribution in [3.8, 4) is 0 Å². The summed E-state index contributed by atoms with van der Waals surface area (Å²) in [6, 6.07) is 0.395. The molecule has 0 aliphatic carbocycles. The topological polar surface area (TPSA) is 67.2 Å². The molecule has 2 N–H and O–H groups in total. The van der Waals surface area contributed by atoms with Crippen molar-refractivity contribution in [2.24, 2.45) is 0 Å². The van der Waals surface area contributed by atoms with Crippen molar-refractivity contribution in [2.75, 3.05) is 13.1 Å². The first-order valence-corrected chi connectivity index (χ1v) is 5.06. The third-order valence-corrected chi connectivity index (χ3v) is 2.91. The Bertz CT molecular complexity index is 394. The molecule has 0 saturated carbocycles. The summed E-state index contributed by atoms with van der Waals surface area (Å²) in [5.74, 6) is -0.799. The smallest absolute Gasteiger partial charge is 0.307 e. The molecular formula is C10H15N3O2. The fraction of sp³-hybridized carbons (Fsp3) is 0.600. The van der Waals surface area contributed by atoms with Gasteiger partial charge in [0.25, 0.3) is 0 Å². The van der Waals surface area contributed by atoms with Gasteiger partial charge in [-0.2, -0.15) is 5.10 Å². The van der Waals surface area contributed by atoms with Gasteiger partial charge >= 0.3 is 5.97 Å². The summed E-state index contributed by atoms with van der Waals surface area (Å²) in [7, 11) is 0. The lowest BCUT2D eigenvalue weighted by Crippen LogP contribution is -2.44. The predicted molar refractivity (Wildman–Crippen MR) is 54.9 cm³/mol. The van der Waals surface area contributed by atoms with Crippen molar-refractivity contribution in [3.63, 3.8) is 0 Å². The molecule has 1 aliphatic rings. The normalized spacial score (nSPS) is 16.4. The first-order valence-electron chi connectivity index (χ1n) is 5.06. The van der Waals surface area contributed by atoms with Gasteiger partial charge in [0, 0.05) is 24.3 Å². The second-order valence-corrected chi connectivity index (χ2v) is 3.98. The van der Waals surface area contributed by atoms with Gasteiger partial charge in [0.05, 0.1) is 18.2 Å². The highest BCUT2D eigenvalue weighted by atomic mass is 16.4. The molecule has 1 aromatic heterocycles. The molecule has 5 nitrogen and oxygen atoms in total. The average molecular weight is 209 g/mol. The molecule has 1 fully saturated rings. The number of carbonyl (C=O) groups is 1. The maximum absolute atomic E-state index is 10.7. The lowest BCUT2D eigenvalue weighted by molar-refractivity contribution is -0.136. The van der Waals surface area contributed by atoms with E-state index in [0.29, 0.717) is 6.04 Å². The van der Waals surface area contributed by atoms with Crippen LogP contribution in [0.15, 0.2) is 0 Å². The zero-order valence-corrected chi connectivity index (χ0v) is 8.95. The summed E-state index contributed by atoms with van der Waals surface area (Å²) >= 11 is 0. The van der Waals surface area contributed by atoms with Crippen LogP contribution in [0.2, 0.25) is 0 Å². The van der Waals surface area contributed by atoms with Gasteiger partial charge in [0.1, 0.15) is 0 Å². The molecule has 2 heterocycles. The number of rotatable bonds is 3. The third kappa shape index (κ3) is 1.74. The van der Waals surface area contributed by atoms with E-state index < -0.39 is 5.97 Å². The van der Waals surface area contributed by atoms with Crippen molar-refractivity contribution >= 4 is 5.97 Å². The molecule has 0 atom stereocenters. The number of hydrogen-bond donors (Lipinski definition) is 2. The van der Waals surface area contributed by atoms with Gasteiger partial charge in [-0.05, 0) is 13.8 Å². The Labute approximate surface area is 88.1 Å². The summed E-state index contributed by atoms with van der Waals surface area (Å²) in [6.07, 6.45) is 0.0673. The van der Waals surface area contributed by atoms with E-state index in [9.17, 15) is 4.79 Å². The molecule has 0 bridgehead atoms. The molecule has 1 saturated heterocycles. The first kappa shape index (κ1) is 10.2. The van der Waals surface area contributed by atoms with Crippen LogP contribution in [0.1, 0.15) is 23.0 Å². The monoisotopic (exact) mass is 209 g/mol. The van der Waals surface area contributed by atoms with Gasteiger partial charge in [0.15, 0.2) is 0 Å². The van der Waals surface area contributed by atoms with Crippen LogP contribution in [0.25, 0.3) is 0 Å². The summed E-state index contributed by atoms with van der Waals surface area (Å²) in [5.41, 5.74) is 2.68. The predicted octanol–water partition coefficient (Wildman–Crippen LogP) is 0.271. The fourth-order valence-corrected chi connectivity index (χ4v) is 1.91. The van der Waals surface area contributed by atoms with Gasteiger partial charge in [-0.3, -0.25) is 9.48 Å². The number of carboxylic acid groups (broad SMARTS) is 1. The molecule has 1 aliphatic heterocycles. The van der Waals surface area contributed by atoms with Gasteiger partial charge in [0.2, 0.25) is 0 Å². The minimum Gasteiger partial charge on any atom is -0.481 e. The summed E-state index contributed by atoms with van der Waals surface area (Å²) in [6.45, 7) is 5.66. The van der Waals surface area contributed by atoms with Gasteiger partial charge in [-0.15, -0.1) is 0 Å². The third-order valence-electron chi connectivity index (χ3n) is 2.91. The van der Waals surface area contributed by atoms with Crippen LogP contribution >= 0.6 is 0 Å². The van der Waals surface area contributed by atoms with E-state index in [2.05, 4.69) is 10.4 Å². The lowest BCUT2D eigenvalue weighted by atomic mass is 10.1. The largest absolute Gasteiger partial charge is 0.481 e. The van der Waals surface area contributed by atoms with E-state index in [1.165, 1.54) is 0 Å². The van der Waals surface area contributed by atoms with Crippen LogP contribution in [-0.2, 0) is 11.2 Å². The molecule has 2 rings (SSSR count). The van der Waals surface area contributed by atoms with Gasteiger partial charge in [-0.1, -0.05) is 0 Å². The number of aryl methyl sites for hydroxylation is 1. The molecule has 0 amide bonds. The van der Waals surface area contributed by atoms with Crippen molar-refractivity contribution < 1.29 is 9.90 Å². The Morgan fingerprint density at radius 1 is 1.60 bits per heavy atom. The van der Waals surface area contributed by atoms with Crippen LogP contribution in [-0.4, -0.2) is 33.9 Å². The second kappa shape index (κ2) is 3.66. The summed E-state index contributed by atoms with van der Waals surface area (Å²) in [4.78, 5) is 10.7. The minimum atomic E-state index is -0.799. The van der Waals surface area contributed by atoms with E-state index in [1.807, 2.05) is 18.5 Å². The van der Waals surface area contributed by atoms with E-state index >= 15 is 0 Å². The maximum Gasteiger partial charge on any atom is 0.307 e. The Hall–Kier alpha value is -1.36. The molecule has 1 aromatic rings. The molecule has 0 aromatic carbocycles. The van der Waals surface area contributed by atoms with Gasteiger partial charge < -0.3 is 10.4 Å². The molecule has 5 heteroatoms. The highest BCUT2D eigenvalue weighted by Crippen LogP contribution is 2.20. The first-order chi connectivity index (χ1) is 7.09. The molecule has 82 valence electrons. The van der Waals surface area contributed by atoms with Crippen molar-refractivity contribution in [1.82, 2.24) is 15.1 Å². The van der Waals surface area contributed by atoms with Crippen LogP contribution in [0.4, 0.5) is 0 Å². The zero-order chi connectivity index (χ0) is 11.0. The highest BCUT2D eigenvalue weighted by molar-refractivity contribution is 5.70. The van der Waals surface area contributed by atoms with Crippen LogP contribution in [0, 0.1) is 13.8 Å². The van der Waals surface area contributed by atoms with Crippen LogP contribution in [0.5, 0.6) is 0 Å². The molecular weight excluding hydrogens is 194 g/mol. The zero-order valence-electron chi connectivity index (χ0n) is 8.95. The van der Waals surface area contributed by atoms with E-state index in [4.69, 9.17) is 5.11 Å². The van der Waals surface area contributed by atoms with Crippen molar-refractivity contribution in [3.05, 3.63) is 17.0 Å². The lowest BCUT2D eigenvalue weighted by Gasteiger charge is -2.28. The molecule has 0 radical (unpaired) electrons. The van der Waals surface area contributed by atoms with Gasteiger partial charge in [-0.25, -0.2) is 0 Å². The minimum absolute atomic E-state index is 0.0673. The quantitative estimate of drug-likeness (QED) is 0.750. The SMILES string of the molecule is Cc1nn(C2CNC2)c(C)c1CC(=O)O. The van der Waals surface area contributed by atoms with Crippen LogP contribution in [0.3, 0.4) is 0 Å². The van der Waals surface area contributed by atoms with Crippen molar-refractivity contribution in [1.29, 1.82) is 0 Å². The molecule has 0 spiro atoms. The number of carboxylic acids is 1. The molecule has 0 unspecified atom stereocenters. The number of nitrogens with zero attached hydrogens (tertiary/aromatic N) is 2. The molecule has 15 heavy (non-hydrogen) atoms. The Kier molecular flexibility index (Phi) is 2.48. The highest BCUT2D eigenvalue weighted by Gasteiger charge is 2.24. The summed E-state index contributed by atoms with van der Waals surface area (Å²) in [5, 5.41) is 16.4. The van der Waals surface area contributed by atoms with E-state index in [0.717, 1.165) is 30.0 Å². The Balaban J connectivity index is 2.30. The standard InChI is InChI=1S/C10H15N3O2/c1-6-9(3-10(14)15)7(2)13(12-6)8-4-11-5-8/h8,11H,3-5H2,1-2H3,(H,14,15). The van der Waals surface area contributed by atoms with E-state index in [1.54, 1.807) is 0 Å². The van der Waals surface area contributed by atoms with Crippen molar-refractivity contribution in [2.45, 2.75) is 26.3 Å². The number of hydrogen-bond acceptors (Lipinski definition) is 3.